The molecule has 4 nitrogen and oxygen atoms in total. The molecule has 2 aliphatic rings. The molecule has 1 saturated heterocycles. The zero-order chi connectivity index (χ0) is 12.3. The molecule has 0 radical (unpaired) electrons. The summed E-state index contributed by atoms with van der Waals surface area (Å²) in [4.78, 5) is 12.2. The highest BCUT2D eigenvalue weighted by atomic mass is 16.3. The van der Waals surface area contributed by atoms with Gasteiger partial charge in [0.25, 0.3) is 0 Å². The molecule has 1 aliphatic carbocycles. The van der Waals surface area contributed by atoms with Crippen LogP contribution in [0.2, 0.25) is 0 Å². The quantitative estimate of drug-likeness (QED) is 0.661. The molecule has 0 spiro atoms. The van der Waals surface area contributed by atoms with Crippen molar-refractivity contribution in [3.05, 3.63) is 0 Å². The SMILES string of the molecule is CCC1(C(=O)NCC(O)C2CC2)CCNCC1. The van der Waals surface area contributed by atoms with E-state index in [-0.39, 0.29) is 17.4 Å². The maximum absolute atomic E-state index is 12.2. The predicted octanol–water partition coefficient (Wildman–Crippen LogP) is 0.653. The van der Waals surface area contributed by atoms with E-state index in [9.17, 15) is 9.90 Å². The van der Waals surface area contributed by atoms with Crippen LogP contribution in [-0.4, -0.2) is 36.8 Å². The van der Waals surface area contributed by atoms with Crippen LogP contribution in [0.1, 0.15) is 39.0 Å². The molecule has 2 fully saturated rings. The summed E-state index contributed by atoms with van der Waals surface area (Å²) in [6, 6.07) is 0. The fourth-order valence-electron chi connectivity index (χ4n) is 2.68. The number of hydrogen-bond acceptors (Lipinski definition) is 3. The Morgan fingerprint density at radius 1 is 1.47 bits per heavy atom. The molecular weight excluding hydrogens is 216 g/mol. The number of carbonyl (C=O) groups excluding carboxylic acids is 1. The Bertz CT molecular complexity index is 271. The van der Waals surface area contributed by atoms with Gasteiger partial charge in [0, 0.05) is 6.54 Å². The standard InChI is InChI=1S/C13H24N2O2/c1-2-13(5-7-14-8-6-13)12(17)15-9-11(16)10-3-4-10/h10-11,14,16H,2-9H2,1H3,(H,15,17). The number of aliphatic hydroxyl groups excluding tert-OH is 1. The van der Waals surface area contributed by atoms with Crippen LogP contribution in [0.4, 0.5) is 0 Å². The molecule has 2 rings (SSSR count). The summed E-state index contributed by atoms with van der Waals surface area (Å²) in [6.07, 6.45) is 4.60. The van der Waals surface area contributed by atoms with Gasteiger partial charge in [0.15, 0.2) is 0 Å². The van der Waals surface area contributed by atoms with Gasteiger partial charge >= 0.3 is 0 Å². The highest BCUT2D eigenvalue weighted by molar-refractivity contribution is 5.82. The lowest BCUT2D eigenvalue weighted by atomic mass is 9.76. The fraction of sp³-hybridized carbons (Fsp3) is 0.923. The van der Waals surface area contributed by atoms with Crippen LogP contribution < -0.4 is 10.6 Å². The predicted molar refractivity (Wildman–Crippen MR) is 66.6 cm³/mol. The fourth-order valence-corrected chi connectivity index (χ4v) is 2.68. The average Bonchev–Trinajstić information content (AvgIpc) is 3.20. The van der Waals surface area contributed by atoms with Gasteiger partial charge in [-0.3, -0.25) is 4.79 Å². The first kappa shape index (κ1) is 12.8. The van der Waals surface area contributed by atoms with Crippen molar-refractivity contribution >= 4 is 5.91 Å². The minimum absolute atomic E-state index is 0.140. The van der Waals surface area contributed by atoms with E-state index in [0.717, 1.165) is 45.2 Å². The topological polar surface area (TPSA) is 61.4 Å². The minimum Gasteiger partial charge on any atom is -0.391 e. The molecule has 0 aromatic rings. The van der Waals surface area contributed by atoms with Gasteiger partial charge in [-0.25, -0.2) is 0 Å². The van der Waals surface area contributed by atoms with Crippen molar-refractivity contribution in [2.45, 2.75) is 45.1 Å². The van der Waals surface area contributed by atoms with Crippen LogP contribution in [0.25, 0.3) is 0 Å². The van der Waals surface area contributed by atoms with Gasteiger partial charge in [0.05, 0.1) is 11.5 Å². The second-order valence-electron chi connectivity index (χ2n) is 5.50. The number of amides is 1. The molecular formula is C13H24N2O2. The number of carbonyl (C=O) groups is 1. The monoisotopic (exact) mass is 240 g/mol. The molecule has 98 valence electrons. The van der Waals surface area contributed by atoms with Gasteiger partial charge in [-0.2, -0.15) is 0 Å². The van der Waals surface area contributed by atoms with Gasteiger partial charge in [-0.15, -0.1) is 0 Å². The molecule has 1 saturated carbocycles. The summed E-state index contributed by atoms with van der Waals surface area (Å²) in [6.45, 7) is 4.36. The third-order valence-corrected chi connectivity index (χ3v) is 4.36. The molecule has 17 heavy (non-hydrogen) atoms. The molecule has 0 aromatic heterocycles. The molecule has 0 aromatic carbocycles. The van der Waals surface area contributed by atoms with Crippen molar-refractivity contribution in [2.75, 3.05) is 19.6 Å². The summed E-state index contributed by atoms with van der Waals surface area (Å²) in [5, 5.41) is 16.0. The Labute approximate surface area is 103 Å². The number of hydrogen-bond donors (Lipinski definition) is 3. The second kappa shape index (κ2) is 5.36. The van der Waals surface area contributed by atoms with Crippen LogP contribution in [-0.2, 0) is 4.79 Å². The molecule has 4 heteroatoms. The molecule has 1 heterocycles. The minimum atomic E-state index is -0.338. The van der Waals surface area contributed by atoms with Crippen molar-refractivity contribution in [1.29, 1.82) is 0 Å². The van der Waals surface area contributed by atoms with E-state index in [0.29, 0.717) is 12.5 Å². The van der Waals surface area contributed by atoms with Gasteiger partial charge in [-0.1, -0.05) is 6.92 Å². The molecule has 1 atom stereocenters. The summed E-state index contributed by atoms with van der Waals surface area (Å²) < 4.78 is 0. The van der Waals surface area contributed by atoms with E-state index in [1.165, 1.54) is 0 Å². The van der Waals surface area contributed by atoms with Crippen molar-refractivity contribution in [3.63, 3.8) is 0 Å². The Morgan fingerprint density at radius 3 is 2.65 bits per heavy atom. The Balaban J connectivity index is 1.83. The van der Waals surface area contributed by atoms with Gasteiger partial charge in [-0.05, 0) is 51.1 Å². The summed E-state index contributed by atoms with van der Waals surface area (Å²) in [5.74, 6) is 0.571. The van der Waals surface area contributed by atoms with Gasteiger partial charge in [0.2, 0.25) is 5.91 Å². The third-order valence-electron chi connectivity index (χ3n) is 4.36. The van der Waals surface area contributed by atoms with Crippen LogP contribution in [0.5, 0.6) is 0 Å². The third kappa shape index (κ3) is 2.99. The largest absolute Gasteiger partial charge is 0.391 e. The number of piperidine rings is 1. The summed E-state index contributed by atoms with van der Waals surface area (Å²) >= 11 is 0. The molecule has 0 bridgehead atoms. The van der Waals surface area contributed by atoms with Crippen molar-refractivity contribution in [3.8, 4) is 0 Å². The van der Waals surface area contributed by atoms with Crippen molar-refractivity contribution in [2.24, 2.45) is 11.3 Å². The Morgan fingerprint density at radius 2 is 2.12 bits per heavy atom. The van der Waals surface area contributed by atoms with E-state index in [2.05, 4.69) is 17.6 Å². The van der Waals surface area contributed by atoms with Gasteiger partial charge < -0.3 is 15.7 Å². The zero-order valence-electron chi connectivity index (χ0n) is 10.7. The first-order chi connectivity index (χ1) is 8.18. The summed E-state index contributed by atoms with van der Waals surface area (Å²) in [5.41, 5.74) is -0.200. The maximum Gasteiger partial charge on any atom is 0.226 e. The lowest BCUT2D eigenvalue weighted by Gasteiger charge is -2.35. The summed E-state index contributed by atoms with van der Waals surface area (Å²) in [7, 11) is 0. The Kier molecular flexibility index (Phi) is 4.05. The van der Waals surface area contributed by atoms with E-state index >= 15 is 0 Å². The van der Waals surface area contributed by atoms with E-state index in [1.807, 2.05) is 0 Å². The highest BCUT2D eigenvalue weighted by Crippen LogP contribution is 2.34. The van der Waals surface area contributed by atoms with Crippen LogP contribution in [0.3, 0.4) is 0 Å². The van der Waals surface area contributed by atoms with Crippen LogP contribution in [0.15, 0.2) is 0 Å². The van der Waals surface area contributed by atoms with Gasteiger partial charge in [0.1, 0.15) is 0 Å². The smallest absolute Gasteiger partial charge is 0.226 e. The zero-order valence-corrected chi connectivity index (χ0v) is 10.7. The second-order valence-corrected chi connectivity index (χ2v) is 5.50. The number of nitrogens with one attached hydrogen (secondary N) is 2. The van der Waals surface area contributed by atoms with E-state index < -0.39 is 0 Å². The van der Waals surface area contributed by atoms with Crippen molar-refractivity contribution < 1.29 is 9.90 Å². The molecule has 3 N–H and O–H groups in total. The average molecular weight is 240 g/mol. The highest BCUT2D eigenvalue weighted by Gasteiger charge is 2.38. The molecule has 1 aliphatic heterocycles. The van der Waals surface area contributed by atoms with Crippen LogP contribution >= 0.6 is 0 Å². The lowest BCUT2D eigenvalue weighted by Crippen LogP contribution is -2.48. The molecule has 1 unspecified atom stereocenters. The first-order valence-corrected chi connectivity index (χ1v) is 6.85. The normalized spacial score (nSPS) is 25.3. The maximum atomic E-state index is 12.2. The first-order valence-electron chi connectivity index (χ1n) is 6.85. The Hall–Kier alpha value is -0.610. The van der Waals surface area contributed by atoms with E-state index in [4.69, 9.17) is 0 Å². The lowest BCUT2D eigenvalue weighted by molar-refractivity contribution is -0.133. The number of rotatable bonds is 5. The van der Waals surface area contributed by atoms with Crippen LogP contribution in [0, 0.1) is 11.3 Å². The number of aliphatic hydroxyl groups is 1. The van der Waals surface area contributed by atoms with E-state index in [1.54, 1.807) is 0 Å². The molecule has 1 amide bonds. The van der Waals surface area contributed by atoms with Crippen molar-refractivity contribution in [1.82, 2.24) is 10.6 Å².